The molecule has 0 aromatic rings. The lowest BCUT2D eigenvalue weighted by molar-refractivity contribution is -0.257. The van der Waals surface area contributed by atoms with Gasteiger partial charge in [0.1, 0.15) is 18.0 Å². The Morgan fingerprint density at radius 2 is 1.83 bits per heavy atom. The summed E-state index contributed by atoms with van der Waals surface area (Å²) in [4.78, 5) is 2.55. The first-order valence-corrected chi connectivity index (χ1v) is 13.3. The lowest BCUT2D eigenvalue weighted by Gasteiger charge is -2.65. The fourth-order valence-corrected chi connectivity index (χ4v) is 11.1. The molecule has 3 saturated heterocycles. The highest BCUT2D eigenvalue weighted by Crippen LogP contribution is 2.78. The number of rotatable bonds is 5. The maximum Gasteiger partial charge on any atom is 0.163 e. The van der Waals surface area contributed by atoms with E-state index in [1.807, 2.05) is 0 Å². The molecule has 198 valence electrons. The summed E-state index contributed by atoms with van der Waals surface area (Å²) in [6.45, 7) is 6.56. The second-order valence-corrected chi connectivity index (χ2v) is 12.3. The molecule has 3 spiro atoms. The molecule has 4 aliphatic carbocycles. The van der Waals surface area contributed by atoms with Crippen molar-refractivity contribution in [3.05, 3.63) is 0 Å². The lowest BCUT2D eigenvalue weighted by atomic mass is 9.47. The highest BCUT2D eigenvalue weighted by Gasteiger charge is 2.92. The van der Waals surface area contributed by atoms with Gasteiger partial charge in [-0.3, -0.25) is 4.90 Å². The Balaban J connectivity index is 1.58. The number of hydrogen-bond acceptors (Lipinski definition) is 9. The van der Waals surface area contributed by atoms with E-state index in [4.69, 9.17) is 33.2 Å². The van der Waals surface area contributed by atoms with E-state index in [1.54, 1.807) is 28.4 Å². The van der Waals surface area contributed by atoms with Crippen molar-refractivity contribution in [2.24, 2.45) is 28.6 Å². The quantitative estimate of drug-likeness (QED) is 0.601. The number of piperidine rings is 1. The van der Waals surface area contributed by atoms with Crippen LogP contribution in [-0.4, -0.2) is 112 Å². The van der Waals surface area contributed by atoms with E-state index in [9.17, 15) is 5.11 Å². The summed E-state index contributed by atoms with van der Waals surface area (Å²) in [5.41, 5.74) is -2.30. The summed E-state index contributed by atoms with van der Waals surface area (Å²) in [5.74, 6) is -0.264. The topological polar surface area (TPSA) is 88.1 Å². The summed E-state index contributed by atoms with van der Waals surface area (Å²) in [7, 11) is 7.01. The molecule has 7 aliphatic rings. The van der Waals surface area contributed by atoms with E-state index in [-0.39, 0.29) is 60.4 Å². The molecular weight excluding hydrogens is 454 g/mol. The van der Waals surface area contributed by atoms with Gasteiger partial charge in [0.05, 0.1) is 36.6 Å². The molecule has 0 amide bonds. The average molecular weight is 496 g/mol. The third-order valence-electron chi connectivity index (χ3n) is 11.8. The summed E-state index contributed by atoms with van der Waals surface area (Å²) >= 11 is 0. The fourth-order valence-electron chi connectivity index (χ4n) is 11.1. The fraction of sp³-hybridized carbons (Fsp3) is 1.00. The van der Waals surface area contributed by atoms with Crippen molar-refractivity contribution in [3.63, 3.8) is 0 Å². The van der Waals surface area contributed by atoms with Crippen LogP contribution in [0.25, 0.3) is 0 Å². The van der Waals surface area contributed by atoms with Gasteiger partial charge in [-0.25, -0.2) is 0 Å². The number of aliphatic hydroxyl groups excluding tert-OH is 1. The van der Waals surface area contributed by atoms with Crippen LogP contribution in [0.1, 0.15) is 33.1 Å². The van der Waals surface area contributed by atoms with E-state index in [0.717, 1.165) is 25.9 Å². The summed E-state index contributed by atoms with van der Waals surface area (Å²) in [6.07, 6.45) is 0.368. The lowest BCUT2D eigenvalue weighted by Crippen LogP contribution is -2.74. The molecule has 3 aliphatic heterocycles. The van der Waals surface area contributed by atoms with E-state index in [1.165, 1.54) is 0 Å². The predicted octanol–water partition coefficient (Wildman–Crippen LogP) is 1.02. The standard InChI is InChI=1S/C26H41NO8/c1-7-27-11-23(2)9-8-14(30-4)25-17(23)20(31-5)26(22(25)27)24(33-12-34-26)10-13(29-3)15-16(18(25)28)19(24)35-21(15)32-6/h13-22,28H,7-12H2,1-6H3/t13-,14-,15-,16-,17+,18?,19-,20-,21-,22-,23-,24+,25-,26-/m0/s1. The van der Waals surface area contributed by atoms with Crippen LogP contribution < -0.4 is 0 Å². The summed E-state index contributed by atoms with van der Waals surface area (Å²) in [6, 6.07) is -0.128. The second-order valence-electron chi connectivity index (χ2n) is 12.3. The number of methoxy groups -OCH3 is 4. The zero-order chi connectivity index (χ0) is 24.5. The smallest absolute Gasteiger partial charge is 0.163 e. The van der Waals surface area contributed by atoms with E-state index < -0.39 is 29.0 Å². The third kappa shape index (κ3) is 2.24. The minimum Gasteiger partial charge on any atom is -0.392 e. The molecule has 7 rings (SSSR count). The van der Waals surface area contributed by atoms with Gasteiger partial charge in [0, 0.05) is 64.6 Å². The van der Waals surface area contributed by atoms with E-state index in [0.29, 0.717) is 6.42 Å². The summed E-state index contributed by atoms with van der Waals surface area (Å²) < 4.78 is 45.2. The van der Waals surface area contributed by atoms with Gasteiger partial charge < -0.3 is 38.3 Å². The van der Waals surface area contributed by atoms with Crippen LogP contribution in [0.2, 0.25) is 0 Å². The highest BCUT2D eigenvalue weighted by molar-refractivity contribution is 5.41. The largest absolute Gasteiger partial charge is 0.392 e. The van der Waals surface area contributed by atoms with Crippen molar-refractivity contribution in [1.82, 2.24) is 4.90 Å². The van der Waals surface area contributed by atoms with Gasteiger partial charge >= 0.3 is 0 Å². The monoisotopic (exact) mass is 495 g/mol. The van der Waals surface area contributed by atoms with Crippen molar-refractivity contribution in [1.29, 1.82) is 0 Å². The molecule has 0 radical (unpaired) electrons. The van der Waals surface area contributed by atoms with Crippen LogP contribution in [0.4, 0.5) is 0 Å². The molecule has 1 unspecified atom stereocenters. The minimum absolute atomic E-state index is 0.0489. The molecule has 9 heteroatoms. The van der Waals surface area contributed by atoms with Crippen molar-refractivity contribution in [2.75, 3.05) is 48.3 Å². The van der Waals surface area contributed by atoms with Crippen molar-refractivity contribution < 1.29 is 38.3 Å². The van der Waals surface area contributed by atoms with Crippen LogP contribution in [0, 0.1) is 28.6 Å². The Bertz CT molecular complexity index is 891. The Labute approximate surface area is 207 Å². The number of hydrogen-bond donors (Lipinski definition) is 1. The van der Waals surface area contributed by atoms with E-state index in [2.05, 4.69) is 18.7 Å². The van der Waals surface area contributed by atoms with Gasteiger partial charge in [-0.15, -0.1) is 0 Å². The average Bonchev–Trinajstić information content (AvgIpc) is 3.44. The molecule has 9 bridgehead atoms. The molecule has 35 heavy (non-hydrogen) atoms. The first kappa shape index (κ1) is 23.7. The predicted molar refractivity (Wildman–Crippen MR) is 122 cm³/mol. The Kier molecular flexibility index (Phi) is 5.01. The van der Waals surface area contributed by atoms with Gasteiger partial charge in [0.2, 0.25) is 0 Å². The van der Waals surface area contributed by atoms with Crippen LogP contribution in [0.15, 0.2) is 0 Å². The minimum atomic E-state index is -0.827. The first-order chi connectivity index (χ1) is 16.9. The molecule has 14 atom stereocenters. The third-order valence-corrected chi connectivity index (χ3v) is 11.8. The Hall–Kier alpha value is -0.360. The second kappa shape index (κ2) is 7.39. The highest BCUT2D eigenvalue weighted by atomic mass is 16.8. The molecule has 7 fully saturated rings. The zero-order valence-corrected chi connectivity index (χ0v) is 21.8. The molecule has 0 aromatic carbocycles. The molecule has 0 aromatic heterocycles. The van der Waals surface area contributed by atoms with Crippen LogP contribution in [0.5, 0.6) is 0 Å². The van der Waals surface area contributed by atoms with Crippen LogP contribution >= 0.6 is 0 Å². The molecular formula is C26H41NO8. The van der Waals surface area contributed by atoms with Crippen molar-refractivity contribution >= 4 is 0 Å². The van der Waals surface area contributed by atoms with Gasteiger partial charge in [-0.05, 0) is 24.8 Å². The van der Waals surface area contributed by atoms with Gasteiger partial charge in [-0.1, -0.05) is 13.8 Å². The molecule has 4 saturated carbocycles. The van der Waals surface area contributed by atoms with E-state index >= 15 is 0 Å². The molecule has 3 heterocycles. The Morgan fingerprint density at radius 1 is 1.03 bits per heavy atom. The summed E-state index contributed by atoms with van der Waals surface area (Å²) in [5, 5.41) is 12.8. The van der Waals surface area contributed by atoms with Gasteiger partial charge in [-0.2, -0.15) is 0 Å². The normalized spacial score (nSPS) is 62.1. The van der Waals surface area contributed by atoms with Crippen LogP contribution in [-0.2, 0) is 33.2 Å². The van der Waals surface area contributed by atoms with Crippen molar-refractivity contribution in [3.8, 4) is 0 Å². The maximum absolute atomic E-state index is 12.8. The Morgan fingerprint density at radius 3 is 2.49 bits per heavy atom. The number of nitrogens with zero attached hydrogens (tertiary/aromatic N) is 1. The van der Waals surface area contributed by atoms with Gasteiger partial charge in [0.15, 0.2) is 6.29 Å². The molecule has 9 nitrogen and oxygen atoms in total. The maximum atomic E-state index is 12.8. The molecule has 1 N–H and O–H groups in total. The number of ether oxygens (including phenoxy) is 7. The van der Waals surface area contributed by atoms with Gasteiger partial charge in [0.25, 0.3) is 0 Å². The number of aliphatic hydroxyl groups is 1. The zero-order valence-electron chi connectivity index (χ0n) is 21.8. The SMILES string of the molecule is CCN1C[C@]2(C)CC[C@H](OC)[C@@]34C(O)[C@@H]5[C@H]6[C@@H](OC)O[C@@H]5[C@@]5(C[C@@H]6OC)OCO[C@@]5([C@@H](OC)[C@H]23)[C@@H]14. The number of likely N-dealkylation sites (tertiary alicyclic amines) is 1. The van der Waals surface area contributed by atoms with Crippen molar-refractivity contribution in [2.45, 2.75) is 87.2 Å². The number of likely N-dealkylation sites (N-methyl/N-ethyl adjacent to an activating group) is 1. The van der Waals surface area contributed by atoms with Crippen LogP contribution in [0.3, 0.4) is 0 Å². The first-order valence-electron chi connectivity index (χ1n) is 13.3.